The van der Waals surface area contributed by atoms with E-state index in [-0.39, 0.29) is 64.6 Å². The molecule has 2 aromatic carbocycles. The summed E-state index contributed by atoms with van der Waals surface area (Å²) in [5, 5.41) is 0.622. The maximum atomic E-state index is 12.4. The molecule has 0 aromatic heterocycles. The van der Waals surface area contributed by atoms with Gasteiger partial charge in [-0.15, -0.1) is 0 Å². The van der Waals surface area contributed by atoms with Crippen LogP contribution in [0.15, 0.2) is 42.5 Å². The van der Waals surface area contributed by atoms with Crippen LogP contribution in [0.5, 0.6) is 0 Å². The molecule has 0 N–H and O–H groups in total. The summed E-state index contributed by atoms with van der Waals surface area (Å²) in [5.41, 5.74) is 3.28. The van der Waals surface area contributed by atoms with Crippen LogP contribution < -0.4 is 5.30 Å². The number of hydrogen-bond acceptors (Lipinski definition) is 2. The Bertz CT molecular complexity index is 632. The Kier molecular flexibility index (Phi) is 9.63. The molecule has 1 atom stereocenters. The molecule has 0 aliphatic heterocycles. The van der Waals surface area contributed by atoms with Gasteiger partial charge in [-0.05, 0) is 31.9 Å². The van der Waals surface area contributed by atoms with Crippen LogP contribution in [-0.4, -0.2) is 64.6 Å². The number of carbonyl (C=O) groups is 1. The summed E-state index contributed by atoms with van der Waals surface area (Å²) in [7, 11) is -2.44. The molecule has 102 valence electrons. The van der Waals surface area contributed by atoms with Crippen molar-refractivity contribution < 1.29 is 9.36 Å². The minimum absolute atomic E-state index is 0. The van der Waals surface area contributed by atoms with E-state index in [1.807, 2.05) is 39.0 Å². The molecule has 1 unspecified atom stereocenters. The van der Waals surface area contributed by atoms with Crippen molar-refractivity contribution in [1.29, 1.82) is 0 Å². The summed E-state index contributed by atoms with van der Waals surface area (Å²) >= 11 is 0. The Morgan fingerprint density at radius 1 is 0.905 bits per heavy atom. The fraction of sp³-hybridized carbons (Fsp3) is 0.188. The van der Waals surface area contributed by atoms with E-state index in [2.05, 4.69) is 0 Å². The maximum absolute atomic E-state index is 12.4. The van der Waals surface area contributed by atoms with Crippen LogP contribution in [0.25, 0.3) is 0 Å². The number of aryl methyl sites for hydroxylation is 3. The summed E-state index contributed by atoms with van der Waals surface area (Å²) < 4.78 is 12.4. The molecule has 0 fully saturated rings. The van der Waals surface area contributed by atoms with Crippen molar-refractivity contribution in [3.63, 3.8) is 0 Å². The predicted molar refractivity (Wildman–Crippen MR) is 94.4 cm³/mol. The van der Waals surface area contributed by atoms with Gasteiger partial charge in [0.2, 0.25) is 5.52 Å². The predicted octanol–water partition coefficient (Wildman–Crippen LogP) is 2.34. The van der Waals surface area contributed by atoms with E-state index in [0.717, 1.165) is 16.7 Å². The van der Waals surface area contributed by atoms with Gasteiger partial charge in [-0.3, -0.25) is 4.79 Å². The van der Waals surface area contributed by atoms with Crippen LogP contribution in [0.4, 0.5) is 0 Å². The summed E-state index contributed by atoms with van der Waals surface area (Å²) in [6.07, 6.45) is 0. The van der Waals surface area contributed by atoms with Crippen LogP contribution >= 0.6 is 7.80 Å². The first kappa shape index (κ1) is 21.3. The Morgan fingerprint density at radius 3 is 1.86 bits per heavy atom. The third kappa shape index (κ3) is 5.18. The van der Waals surface area contributed by atoms with Gasteiger partial charge >= 0.3 is 59.1 Å². The molecule has 2 aromatic rings. The van der Waals surface area contributed by atoms with E-state index in [1.165, 1.54) is 0 Å². The van der Waals surface area contributed by atoms with E-state index in [4.69, 9.17) is 0 Å². The first-order valence-corrected chi connectivity index (χ1v) is 7.63. The average molecular weight is 320 g/mol. The standard InChI is InChI=1S/C16H17O2P.2Na.2H/c1-11-9-12(2)15(13(3)10-11)16(17)19(18)14-7-5-4-6-8-14;;;;/h4-10,19H,1-3H3;;;;. The topological polar surface area (TPSA) is 34.1 Å². The van der Waals surface area contributed by atoms with Crippen molar-refractivity contribution in [3.05, 3.63) is 64.7 Å². The second-order valence-corrected chi connectivity index (χ2v) is 6.49. The van der Waals surface area contributed by atoms with E-state index in [0.29, 0.717) is 10.9 Å². The third-order valence-corrected chi connectivity index (χ3v) is 4.67. The number of benzene rings is 2. The van der Waals surface area contributed by atoms with Crippen molar-refractivity contribution >= 4 is 77.7 Å². The monoisotopic (exact) mass is 320 g/mol. The van der Waals surface area contributed by atoms with Gasteiger partial charge in [-0.2, -0.15) is 0 Å². The summed E-state index contributed by atoms with van der Waals surface area (Å²) in [4.78, 5) is 12.4. The Balaban J connectivity index is 0.00000200. The summed E-state index contributed by atoms with van der Waals surface area (Å²) in [6, 6.07) is 12.9. The van der Waals surface area contributed by atoms with Crippen LogP contribution in [0.1, 0.15) is 27.0 Å². The van der Waals surface area contributed by atoms with E-state index < -0.39 is 7.80 Å². The Morgan fingerprint density at radius 2 is 1.38 bits per heavy atom. The SMILES string of the molecule is Cc1cc(C)c(C(=O)[PH](=O)c2ccccc2)c(C)c1.[NaH].[NaH]. The van der Waals surface area contributed by atoms with E-state index in [9.17, 15) is 9.36 Å². The molecule has 0 spiro atoms. The summed E-state index contributed by atoms with van der Waals surface area (Å²) in [5.74, 6) is 0. The normalized spacial score (nSPS) is 11.0. The van der Waals surface area contributed by atoms with Crippen molar-refractivity contribution in [1.82, 2.24) is 0 Å². The minimum atomic E-state index is -2.44. The van der Waals surface area contributed by atoms with Gasteiger partial charge < -0.3 is 4.57 Å². The first-order chi connectivity index (χ1) is 9.00. The molecule has 21 heavy (non-hydrogen) atoms. The number of carbonyl (C=O) groups excluding carboxylic acids is 1. The second-order valence-electron chi connectivity index (χ2n) is 4.80. The van der Waals surface area contributed by atoms with Gasteiger partial charge in [0.15, 0.2) is 7.80 Å². The molecular formula is C16H19Na2O2P. The van der Waals surface area contributed by atoms with Gasteiger partial charge in [-0.1, -0.05) is 48.0 Å². The first-order valence-electron chi connectivity index (χ1n) is 6.22. The number of hydrogen-bond donors (Lipinski definition) is 0. The molecule has 0 aliphatic rings. The van der Waals surface area contributed by atoms with Crippen LogP contribution in [-0.2, 0) is 4.57 Å². The Hall–Kier alpha value is 0.340. The van der Waals surface area contributed by atoms with Crippen LogP contribution in [0.2, 0.25) is 0 Å². The molecule has 0 saturated carbocycles. The molecule has 2 nitrogen and oxygen atoms in total. The van der Waals surface area contributed by atoms with Crippen LogP contribution in [0.3, 0.4) is 0 Å². The molecule has 0 radical (unpaired) electrons. The fourth-order valence-electron chi connectivity index (χ4n) is 2.37. The van der Waals surface area contributed by atoms with Crippen molar-refractivity contribution in [2.75, 3.05) is 0 Å². The molecule has 2 rings (SSSR count). The molecule has 5 heteroatoms. The van der Waals surface area contributed by atoms with Gasteiger partial charge in [0.25, 0.3) is 0 Å². The van der Waals surface area contributed by atoms with Gasteiger partial charge in [0.05, 0.1) is 0 Å². The average Bonchev–Trinajstić information content (AvgIpc) is 2.37. The van der Waals surface area contributed by atoms with E-state index in [1.54, 1.807) is 24.3 Å². The summed E-state index contributed by atoms with van der Waals surface area (Å²) in [6.45, 7) is 5.79. The third-order valence-electron chi connectivity index (χ3n) is 3.15. The fourth-order valence-corrected chi connectivity index (χ4v) is 3.75. The van der Waals surface area contributed by atoms with Gasteiger partial charge in [0.1, 0.15) is 0 Å². The van der Waals surface area contributed by atoms with Crippen molar-refractivity contribution in [2.24, 2.45) is 0 Å². The van der Waals surface area contributed by atoms with Crippen molar-refractivity contribution in [2.45, 2.75) is 20.8 Å². The van der Waals surface area contributed by atoms with Gasteiger partial charge in [-0.25, -0.2) is 0 Å². The number of rotatable bonds is 3. The molecular weight excluding hydrogens is 301 g/mol. The van der Waals surface area contributed by atoms with E-state index >= 15 is 0 Å². The van der Waals surface area contributed by atoms with Crippen LogP contribution in [0, 0.1) is 20.8 Å². The second kappa shape index (κ2) is 9.47. The van der Waals surface area contributed by atoms with Gasteiger partial charge in [0, 0.05) is 10.9 Å². The molecule has 0 saturated heterocycles. The quantitative estimate of drug-likeness (QED) is 0.643. The zero-order chi connectivity index (χ0) is 14.0. The molecule has 0 aliphatic carbocycles. The molecule has 0 bridgehead atoms. The zero-order valence-electron chi connectivity index (χ0n) is 11.4. The molecule has 0 heterocycles. The zero-order valence-corrected chi connectivity index (χ0v) is 12.4. The molecule has 0 amide bonds. The Labute approximate surface area is 171 Å². The van der Waals surface area contributed by atoms with Crippen molar-refractivity contribution in [3.8, 4) is 0 Å².